The Bertz CT molecular complexity index is 879. The molecule has 3 nitrogen and oxygen atoms in total. The molecule has 2 aromatic rings. The third-order valence-corrected chi connectivity index (χ3v) is 5.51. The van der Waals surface area contributed by atoms with Crippen LogP contribution in [0.2, 0.25) is 0 Å². The van der Waals surface area contributed by atoms with E-state index in [0.29, 0.717) is 0 Å². The summed E-state index contributed by atoms with van der Waals surface area (Å²) in [6.07, 6.45) is 3.68. The Morgan fingerprint density at radius 3 is 2.67 bits per heavy atom. The summed E-state index contributed by atoms with van der Waals surface area (Å²) in [5.41, 5.74) is 5.94. The number of allylic oxidation sites excluding steroid dienone is 1. The Hall–Kier alpha value is -2.33. The second kappa shape index (κ2) is 6.29. The first-order valence-electron chi connectivity index (χ1n) is 8.00. The monoisotopic (exact) mass is 334 g/mol. The van der Waals surface area contributed by atoms with Crippen molar-refractivity contribution in [3.63, 3.8) is 0 Å². The van der Waals surface area contributed by atoms with Crippen molar-refractivity contribution < 1.29 is 4.74 Å². The van der Waals surface area contributed by atoms with Crippen LogP contribution in [0.4, 0.5) is 0 Å². The maximum Gasteiger partial charge on any atom is 0.119 e. The van der Waals surface area contributed by atoms with Crippen molar-refractivity contribution in [2.75, 3.05) is 7.11 Å². The molecule has 1 heterocycles. The maximum absolute atomic E-state index is 5.34. The fourth-order valence-corrected chi connectivity index (χ4v) is 4.05. The molecule has 4 heteroatoms. The first-order valence-corrected chi connectivity index (χ1v) is 8.82. The summed E-state index contributed by atoms with van der Waals surface area (Å²) < 4.78 is 5.34. The van der Waals surface area contributed by atoms with Crippen LogP contribution in [0, 0.1) is 6.92 Å². The van der Waals surface area contributed by atoms with E-state index in [-0.39, 0.29) is 0 Å². The van der Waals surface area contributed by atoms with Gasteiger partial charge in [-0.15, -0.1) is 0 Å². The molecule has 0 N–H and O–H groups in total. The molecule has 4 rings (SSSR count). The van der Waals surface area contributed by atoms with Gasteiger partial charge in [0.05, 0.1) is 12.8 Å². The molecule has 2 aliphatic rings. The zero-order chi connectivity index (χ0) is 16.5. The molecule has 1 aliphatic carbocycles. The van der Waals surface area contributed by atoms with Crippen molar-refractivity contribution in [1.82, 2.24) is 0 Å². The van der Waals surface area contributed by atoms with Gasteiger partial charge in [-0.05, 0) is 43.5 Å². The molecule has 0 unspecified atom stereocenters. The zero-order valence-electron chi connectivity index (χ0n) is 13.7. The summed E-state index contributed by atoms with van der Waals surface area (Å²) in [6, 6.07) is 14.7. The first-order chi connectivity index (χ1) is 11.7. The number of hydrogen-bond donors (Lipinski definition) is 0. The Morgan fingerprint density at radius 1 is 1.04 bits per heavy atom. The van der Waals surface area contributed by atoms with Gasteiger partial charge in [-0.25, -0.2) is 9.98 Å². The molecular formula is C20H18N2OS. The lowest BCUT2D eigenvalue weighted by molar-refractivity contribution is 0.414. The molecule has 0 saturated carbocycles. The standard InChI is InChI=1S/C20H18N2OS/c1-13-3-5-14(6-4-13)20-22-12-21-19-17-9-8-16(23-2)11-15(17)7-10-18(19)24-20/h3-6,8-9,11-12H,7,10H2,1-2H3. The van der Waals surface area contributed by atoms with E-state index < -0.39 is 0 Å². The van der Waals surface area contributed by atoms with E-state index in [9.17, 15) is 0 Å². The fourth-order valence-electron chi connectivity index (χ4n) is 3.00. The quantitative estimate of drug-likeness (QED) is 0.787. The number of hydrogen-bond acceptors (Lipinski definition) is 4. The van der Waals surface area contributed by atoms with Crippen LogP contribution in [0.5, 0.6) is 5.75 Å². The van der Waals surface area contributed by atoms with Crippen molar-refractivity contribution >= 4 is 28.8 Å². The Labute approximate surface area is 146 Å². The van der Waals surface area contributed by atoms with Gasteiger partial charge in [0.25, 0.3) is 0 Å². The number of aryl methyl sites for hydroxylation is 2. The number of rotatable bonds is 2. The van der Waals surface area contributed by atoms with E-state index in [2.05, 4.69) is 53.3 Å². The van der Waals surface area contributed by atoms with Crippen LogP contribution in [0.1, 0.15) is 28.7 Å². The molecule has 0 saturated heterocycles. The third-order valence-electron chi connectivity index (χ3n) is 4.33. The van der Waals surface area contributed by atoms with Gasteiger partial charge >= 0.3 is 0 Å². The Kier molecular flexibility index (Phi) is 3.98. The smallest absolute Gasteiger partial charge is 0.119 e. The summed E-state index contributed by atoms with van der Waals surface area (Å²) in [6.45, 7) is 2.10. The molecule has 24 heavy (non-hydrogen) atoms. The molecular weight excluding hydrogens is 316 g/mol. The lowest BCUT2D eigenvalue weighted by atomic mass is 9.94. The summed E-state index contributed by atoms with van der Waals surface area (Å²) in [4.78, 5) is 10.5. The van der Waals surface area contributed by atoms with Gasteiger partial charge in [-0.2, -0.15) is 0 Å². The van der Waals surface area contributed by atoms with Crippen LogP contribution in [-0.4, -0.2) is 18.5 Å². The SMILES string of the molecule is COc1ccc2c(c1)CCC1=C2N=CN=C(c2ccc(C)cc2)S1. The van der Waals surface area contributed by atoms with Gasteiger partial charge in [0.15, 0.2) is 0 Å². The van der Waals surface area contributed by atoms with Crippen molar-refractivity contribution in [2.24, 2.45) is 9.98 Å². The number of benzene rings is 2. The predicted octanol–water partition coefficient (Wildman–Crippen LogP) is 4.84. The second-order valence-electron chi connectivity index (χ2n) is 5.94. The number of methoxy groups -OCH3 is 1. The molecule has 0 radical (unpaired) electrons. The van der Waals surface area contributed by atoms with Crippen LogP contribution in [0.3, 0.4) is 0 Å². The van der Waals surface area contributed by atoms with Crippen LogP contribution in [0.15, 0.2) is 57.4 Å². The molecule has 0 bridgehead atoms. The highest BCUT2D eigenvalue weighted by Crippen LogP contribution is 2.41. The highest BCUT2D eigenvalue weighted by molar-refractivity contribution is 8.17. The lowest BCUT2D eigenvalue weighted by Crippen LogP contribution is -2.04. The fraction of sp³-hybridized carbons (Fsp3) is 0.200. The highest BCUT2D eigenvalue weighted by Gasteiger charge is 2.22. The van der Waals surface area contributed by atoms with Gasteiger partial charge in [0, 0.05) is 16.0 Å². The second-order valence-corrected chi connectivity index (χ2v) is 7.03. The number of ether oxygens (including phenoxy) is 1. The normalized spacial score (nSPS) is 16.2. The molecule has 120 valence electrons. The molecule has 0 aromatic heterocycles. The lowest BCUT2D eigenvalue weighted by Gasteiger charge is -2.20. The molecule has 1 aliphatic heterocycles. The van der Waals surface area contributed by atoms with Crippen LogP contribution in [-0.2, 0) is 6.42 Å². The van der Waals surface area contributed by atoms with E-state index in [4.69, 9.17) is 4.74 Å². The van der Waals surface area contributed by atoms with E-state index in [0.717, 1.165) is 34.9 Å². The molecule has 0 atom stereocenters. The number of thioether (sulfide) groups is 1. The molecule has 2 aromatic carbocycles. The van der Waals surface area contributed by atoms with E-state index in [1.54, 1.807) is 25.2 Å². The minimum absolute atomic E-state index is 0.902. The predicted molar refractivity (Wildman–Crippen MR) is 102 cm³/mol. The number of aliphatic imine (C=N–C) groups is 2. The maximum atomic E-state index is 5.34. The zero-order valence-corrected chi connectivity index (χ0v) is 14.6. The van der Waals surface area contributed by atoms with E-state index in [1.807, 2.05) is 6.07 Å². The Balaban J connectivity index is 1.71. The van der Waals surface area contributed by atoms with Crippen molar-refractivity contribution in [2.45, 2.75) is 19.8 Å². The molecule has 0 spiro atoms. The minimum Gasteiger partial charge on any atom is -0.497 e. The first kappa shape index (κ1) is 15.2. The summed E-state index contributed by atoms with van der Waals surface area (Å²) >= 11 is 1.74. The molecule has 0 fully saturated rings. The van der Waals surface area contributed by atoms with E-state index >= 15 is 0 Å². The van der Waals surface area contributed by atoms with Gasteiger partial charge in [-0.3, -0.25) is 0 Å². The summed E-state index contributed by atoms with van der Waals surface area (Å²) in [5.74, 6) is 0.902. The number of nitrogens with zero attached hydrogens (tertiary/aromatic N) is 2. The van der Waals surface area contributed by atoms with E-state index in [1.165, 1.54) is 21.6 Å². The average molecular weight is 334 g/mol. The van der Waals surface area contributed by atoms with Crippen molar-refractivity contribution in [3.8, 4) is 5.75 Å². The van der Waals surface area contributed by atoms with Crippen molar-refractivity contribution in [1.29, 1.82) is 0 Å². The van der Waals surface area contributed by atoms with Gasteiger partial charge in [-0.1, -0.05) is 41.6 Å². The summed E-state index contributed by atoms with van der Waals surface area (Å²) in [5, 5.41) is 1.01. The largest absolute Gasteiger partial charge is 0.497 e. The number of fused-ring (bicyclic) bond motifs is 2. The minimum atomic E-state index is 0.902. The van der Waals surface area contributed by atoms with Gasteiger partial charge < -0.3 is 4.74 Å². The van der Waals surface area contributed by atoms with Gasteiger partial charge in [0.1, 0.15) is 17.1 Å². The van der Waals surface area contributed by atoms with Crippen LogP contribution < -0.4 is 4.74 Å². The molecule has 0 amide bonds. The van der Waals surface area contributed by atoms with Crippen molar-refractivity contribution in [3.05, 3.63) is 69.6 Å². The average Bonchev–Trinajstić information content (AvgIpc) is 2.84. The van der Waals surface area contributed by atoms with Crippen LogP contribution >= 0.6 is 11.8 Å². The topological polar surface area (TPSA) is 34.0 Å². The highest BCUT2D eigenvalue weighted by atomic mass is 32.2. The van der Waals surface area contributed by atoms with Crippen LogP contribution in [0.25, 0.3) is 5.70 Å². The van der Waals surface area contributed by atoms with Gasteiger partial charge in [0.2, 0.25) is 0 Å². The summed E-state index contributed by atoms with van der Waals surface area (Å²) in [7, 11) is 1.70. The third kappa shape index (κ3) is 2.78. The Morgan fingerprint density at radius 2 is 1.88 bits per heavy atom.